The molecule has 0 aliphatic carbocycles. The molecule has 0 spiro atoms. The van der Waals surface area contributed by atoms with Gasteiger partial charge >= 0.3 is 0 Å². The average Bonchev–Trinajstić information content (AvgIpc) is 2.95. The molecule has 2 rings (SSSR count). The topological polar surface area (TPSA) is 118 Å². The van der Waals surface area contributed by atoms with Gasteiger partial charge in [-0.2, -0.15) is 4.31 Å². The summed E-state index contributed by atoms with van der Waals surface area (Å²) in [5.74, 6) is -0.271. The Hall–Kier alpha value is -1.49. The molecular formula is C13H19N3O5S2. The first-order valence-corrected chi connectivity index (χ1v) is 9.89. The molecule has 0 aromatic heterocycles. The van der Waals surface area contributed by atoms with Crippen LogP contribution < -0.4 is 5.14 Å². The van der Waals surface area contributed by atoms with Gasteiger partial charge < -0.3 is 4.90 Å². The summed E-state index contributed by atoms with van der Waals surface area (Å²) in [6.45, 7) is 0.253. The monoisotopic (exact) mass is 361 g/mol. The number of nitrogens with two attached hydrogens (primary N) is 1. The number of hydrogen-bond acceptors (Lipinski definition) is 5. The third kappa shape index (κ3) is 3.55. The van der Waals surface area contributed by atoms with Gasteiger partial charge in [0.05, 0.1) is 9.79 Å². The van der Waals surface area contributed by atoms with Crippen molar-refractivity contribution in [3.05, 3.63) is 24.3 Å². The third-order valence-electron chi connectivity index (χ3n) is 3.69. The van der Waals surface area contributed by atoms with E-state index in [1.807, 2.05) is 0 Å². The molecule has 0 radical (unpaired) electrons. The summed E-state index contributed by atoms with van der Waals surface area (Å²) in [5.41, 5.74) is 0. The van der Waals surface area contributed by atoms with Crippen molar-refractivity contribution in [2.45, 2.75) is 28.7 Å². The molecule has 1 fully saturated rings. The minimum Gasteiger partial charge on any atom is -0.347 e. The molecule has 1 aromatic carbocycles. The molecule has 1 aliphatic rings. The van der Waals surface area contributed by atoms with Crippen molar-refractivity contribution >= 4 is 26.0 Å². The van der Waals surface area contributed by atoms with Crippen LogP contribution in [0.2, 0.25) is 0 Å². The van der Waals surface area contributed by atoms with Gasteiger partial charge in [-0.25, -0.2) is 22.0 Å². The average molecular weight is 361 g/mol. The zero-order chi connectivity index (χ0) is 17.4. The number of amides is 1. The molecular weight excluding hydrogens is 342 g/mol. The fourth-order valence-corrected chi connectivity index (χ4v) is 4.68. The Kier molecular flexibility index (Phi) is 4.81. The Morgan fingerprint density at radius 1 is 1.13 bits per heavy atom. The van der Waals surface area contributed by atoms with Gasteiger partial charge in [-0.3, -0.25) is 4.79 Å². The molecule has 128 valence electrons. The van der Waals surface area contributed by atoms with Crippen molar-refractivity contribution in [2.75, 3.05) is 20.6 Å². The van der Waals surface area contributed by atoms with E-state index in [1.54, 1.807) is 14.1 Å². The first kappa shape index (κ1) is 17.9. The van der Waals surface area contributed by atoms with Gasteiger partial charge in [0, 0.05) is 20.6 Å². The van der Waals surface area contributed by atoms with Crippen LogP contribution in [-0.4, -0.2) is 58.6 Å². The third-order valence-corrected chi connectivity index (χ3v) is 6.54. The summed E-state index contributed by atoms with van der Waals surface area (Å²) in [5, 5.41) is 5.00. The number of rotatable bonds is 4. The molecule has 1 aromatic rings. The number of benzene rings is 1. The lowest BCUT2D eigenvalue weighted by molar-refractivity contribution is -0.132. The van der Waals surface area contributed by atoms with E-state index < -0.39 is 26.1 Å². The summed E-state index contributed by atoms with van der Waals surface area (Å²) in [6, 6.07) is 3.92. The lowest BCUT2D eigenvalue weighted by Crippen LogP contribution is -2.45. The van der Waals surface area contributed by atoms with Crippen LogP contribution in [0.1, 0.15) is 12.8 Å². The van der Waals surface area contributed by atoms with Gasteiger partial charge in [0.1, 0.15) is 6.04 Å². The normalized spacial score (nSPS) is 19.7. The zero-order valence-corrected chi connectivity index (χ0v) is 14.5. The van der Waals surface area contributed by atoms with Crippen LogP contribution in [0, 0.1) is 0 Å². The fourth-order valence-electron chi connectivity index (χ4n) is 2.51. The summed E-state index contributed by atoms with van der Waals surface area (Å²) in [4.78, 5) is 13.3. The number of likely N-dealkylation sites (N-methyl/N-ethyl adjacent to an activating group) is 1. The van der Waals surface area contributed by atoms with E-state index in [0.717, 1.165) is 12.1 Å². The highest BCUT2D eigenvalue weighted by atomic mass is 32.2. The van der Waals surface area contributed by atoms with Gasteiger partial charge in [0.15, 0.2) is 0 Å². The van der Waals surface area contributed by atoms with E-state index in [4.69, 9.17) is 5.14 Å². The Labute approximate surface area is 136 Å². The molecule has 2 N–H and O–H groups in total. The van der Waals surface area contributed by atoms with Crippen LogP contribution in [0.3, 0.4) is 0 Å². The van der Waals surface area contributed by atoms with Crippen molar-refractivity contribution in [1.29, 1.82) is 0 Å². The Morgan fingerprint density at radius 3 is 2.13 bits per heavy atom. The minimum atomic E-state index is -3.89. The first-order valence-electron chi connectivity index (χ1n) is 6.91. The number of hydrogen-bond donors (Lipinski definition) is 1. The molecule has 1 saturated heterocycles. The van der Waals surface area contributed by atoms with Crippen LogP contribution in [0.15, 0.2) is 34.1 Å². The SMILES string of the molecule is CN(C)C(=O)C1CCCN1S(=O)(=O)c1ccc(S(N)(=O)=O)cc1. The van der Waals surface area contributed by atoms with Crippen molar-refractivity contribution in [3.8, 4) is 0 Å². The quantitative estimate of drug-likeness (QED) is 0.781. The molecule has 0 bridgehead atoms. The highest BCUT2D eigenvalue weighted by Gasteiger charge is 2.40. The second kappa shape index (κ2) is 6.19. The lowest BCUT2D eigenvalue weighted by atomic mass is 10.2. The van der Waals surface area contributed by atoms with Gasteiger partial charge in [-0.05, 0) is 37.1 Å². The van der Waals surface area contributed by atoms with Crippen molar-refractivity contribution in [2.24, 2.45) is 5.14 Å². The van der Waals surface area contributed by atoms with Crippen LogP contribution in [0.5, 0.6) is 0 Å². The maximum atomic E-state index is 12.7. The van der Waals surface area contributed by atoms with E-state index in [9.17, 15) is 21.6 Å². The zero-order valence-electron chi connectivity index (χ0n) is 12.8. The van der Waals surface area contributed by atoms with Crippen LogP contribution in [-0.2, 0) is 24.8 Å². The van der Waals surface area contributed by atoms with E-state index in [1.165, 1.54) is 21.3 Å². The smallest absolute Gasteiger partial charge is 0.243 e. The molecule has 1 amide bonds. The van der Waals surface area contributed by atoms with Gasteiger partial charge in [0.2, 0.25) is 26.0 Å². The maximum Gasteiger partial charge on any atom is 0.243 e. The fraction of sp³-hybridized carbons (Fsp3) is 0.462. The molecule has 1 atom stereocenters. The van der Waals surface area contributed by atoms with E-state index >= 15 is 0 Å². The second-order valence-electron chi connectivity index (χ2n) is 5.52. The molecule has 1 unspecified atom stereocenters. The first-order chi connectivity index (χ1) is 10.5. The highest BCUT2D eigenvalue weighted by molar-refractivity contribution is 7.89. The molecule has 23 heavy (non-hydrogen) atoms. The number of carbonyl (C=O) groups excluding carboxylic acids is 1. The predicted octanol–water partition coefficient (Wildman–Crippen LogP) is -0.425. The number of nitrogens with zero attached hydrogens (tertiary/aromatic N) is 2. The minimum absolute atomic E-state index is 0.0663. The summed E-state index contributed by atoms with van der Waals surface area (Å²) in [6.07, 6.45) is 1.06. The van der Waals surface area contributed by atoms with E-state index in [-0.39, 0.29) is 22.2 Å². The summed E-state index contributed by atoms with van der Waals surface area (Å²) in [7, 11) is -4.62. The summed E-state index contributed by atoms with van der Waals surface area (Å²) < 4.78 is 49.1. The Bertz CT molecular complexity index is 801. The van der Waals surface area contributed by atoms with E-state index in [2.05, 4.69) is 0 Å². The standard InChI is InChI=1S/C13H19N3O5S2/c1-15(2)13(17)12-4-3-9-16(12)23(20,21)11-7-5-10(6-8-11)22(14,18)19/h5-8,12H,3-4,9H2,1-2H3,(H2,14,18,19). The van der Waals surface area contributed by atoms with E-state index in [0.29, 0.717) is 12.8 Å². The maximum absolute atomic E-state index is 12.7. The Balaban J connectivity index is 2.36. The second-order valence-corrected chi connectivity index (χ2v) is 8.97. The predicted molar refractivity (Wildman–Crippen MR) is 83.4 cm³/mol. The molecule has 1 aliphatic heterocycles. The van der Waals surface area contributed by atoms with Crippen LogP contribution in [0.4, 0.5) is 0 Å². The number of sulfonamides is 2. The van der Waals surface area contributed by atoms with Gasteiger partial charge in [0.25, 0.3) is 0 Å². The molecule has 8 nitrogen and oxygen atoms in total. The van der Waals surface area contributed by atoms with Crippen molar-refractivity contribution in [1.82, 2.24) is 9.21 Å². The number of carbonyl (C=O) groups is 1. The molecule has 1 heterocycles. The lowest BCUT2D eigenvalue weighted by Gasteiger charge is -2.25. The molecule has 0 saturated carbocycles. The van der Waals surface area contributed by atoms with Gasteiger partial charge in [-0.15, -0.1) is 0 Å². The number of primary sulfonamides is 1. The highest BCUT2D eigenvalue weighted by Crippen LogP contribution is 2.27. The van der Waals surface area contributed by atoms with Crippen LogP contribution >= 0.6 is 0 Å². The molecule has 10 heteroatoms. The largest absolute Gasteiger partial charge is 0.347 e. The van der Waals surface area contributed by atoms with Crippen LogP contribution in [0.25, 0.3) is 0 Å². The summed E-state index contributed by atoms with van der Waals surface area (Å²) >= 11 is 0. The van der Waals surface area contributed by atoms with Gasteiger partial charge in [-0.1, -0.05) is 0 Å². The van der Waals surface area contributed by atoms with Crippen molar-refractivity contribution in [3.63, 3.8) is 0 Å². The van der Waals surface area contributed by atoms with Crippen molar-refractivity contribution < 1.29 is 21.6 Å². The Morgan fingerprint density at radius 2 is 1.65 bits per heavy atom.